The minimum Gasteiger partial charge on any atom is -0.481 e. The fraction of sp³-hybridized carbons (Fsp3) is 0.0952. The van der Waals surface area contributed by atoms with Gasteiger partial charge in [-0.05, 0) is 13.0 Å². The number of aryl methyl sites for hydroxylation is 1. The number of carboxylic acids is 1. The van der Waals surface area contributed by atoms with E-state index in [9.17, 15) is 0 Å². The third-order valence-electron chi connectivity index (χ3n) is 3.73. The molecule has 0 saturated heterocycles. The fourth-order valence-corrected chi connectivity index (χ4v) is 2.69. The Bertz CT molecular complexity index is 1020. The van der Waals surface area contributed by atoms with Gasteiger partial charge in [0.15, 0.2) is 0 Å². The fourth-order valence-electron chi connectivity index (χ4n) is 2.69. The maximum Gasteiger partial charge on any atom is 0.300 e. The number of carbonyl (C=O) groups is 1. The van der Waals surface area contributed by atoms with Crippen LogP contribution in [-0.2, 0) is 4.79 Å². The largest absolute Gasteiger partial charge is 0.481 e. The zero-order chi connectivity index (χ0) is 18.5. The molecule has 0 saturated carbocycles. The third kappa shape index (κ3) is 3.78. The van der Waals surface area contributed by atoms with Crippen molar-refractivity contribution < 1.29 is 9.90 Å². The summed E-state index contributed by atoms with van der Waals surface area (Å²) in [6.07, 6.45) is 2.04. The molecule has 5 nitrogen and oxygen atoms in total. The predicted molar refractivity (Wildman–Crippen MR) is 102 cm³/mol. The minimum atomic E-state index is -0.833. The smallest absolute Gasteiger partial charge is 0.300 e. The number of carboxylic acid groups (broad SMARTS) is 1. The number of fused-ring (bicyclic) bond motifs is 1. The Hall–Kier alpha value is -3.47. The number of hydrogen-bond donors (Lipinski definition) is 1. The van der Waals surface area contributed by atoms with Crippen LogP contribution in [0.5, 0.6) is 0 Å². The molecule has 2 aromatic carbocycles. The highest BCUT2D eigenvalue weighted by molar-refractivity contribution is 5.81. The Morgan fingerprint density at radius 1 is 0.885 bits per heavy atom. The lowest BCUT2D eigenvalue weighted by Crippen LogP contribution is -1.92. The SMILES string of the molecule is CC(=O)O.Cc1ccn2c(-c3ccccc3)c(-c3ccccc3)nc2n1. The van der Waals surface area contributed by atoms with Crippen molar-refractivity contribution in [1.29, 1.82) is 0 Å². The van der Waals surface area contributed by atoms with E-state index < -0.39 is 5.97 Å². The van der Waals surface area contributed by atoms with Crippen molar-refractivity contribution in [3.8, 4) is 22.5 Å². The van der Waals surface area contributed by atoms with Crippen LogP contribution in [0.3, 0.4) is 0 Å². The number of hydrogen-bond acceptors (Lipinski definition) is 3. The van der Waals surface area contributed by atoms with Crippen LogP contribution in [0, 0.1) is 6.92 Å². The third-order valence-corrected chi connectivity index (χ3v) is 3.73. The van der Waals surface area contributed by atoms with Crippen LogP contribution in [-0.4, -0.2) is 25.4 Å². The second-order valence-corrected chi connectivity index (χ2v) is 5.80. The highest BCUT2D eigenvalue weighted by Crippen LogP contribution is 2.32. The molecule has 1 N–H and O–H groups in total. The molecule has 26 heavy (non-hydrogen) atoms. The Labute approximate surface area is 151 Å². The van der Waals surface area contributed by atoms with Gasteiger partial charge in [0.2, 0.25) is 5.78 Å². The van der Waals surface area contributed by atoms with Crippen LogP contribution in [0.25, 0.3) is 28.3 Å². The Morgan fingerprint density at radius 3 is 2.00 bits per heavy atom. The Balaban J connectivity index is 0.000000447. The van der Waals surface area contributed by atoms with Gasteiger partial charge < -0.3 is 5.11 Å². The van der Waals surface area contributed by atoms with Gasteiger partial charge in [-0.1, -0.05) is 60.7 Å². The quantitative estimate of drug-likeness (QED) is 0.582. The molecular weight excluding hydrogens is 326 g/mol. The molecule has 2 heterocycles. The van der Waals surface area contributed by atoms with E-state index in [1.54, 1.807) is 0 Å². The van der Waals surface area contributed by atoms with Crippen molar-refractivity contribution in [2.75, 3.05) is 0 Å². The van der Waals surface area contributed by atoms with E-state index in [0.29, 0.717) is 0 Å². The van der Waals surface area contributed by atoms with Gasteiger partial charge in [-0.3, -0.25) is 9.20 Å². The molecule has 0 aliphatic rings. The Kier molecular flexibility index (Phi) is 5.08. The molecule has 0 bridgehead atoms. The normalized spacial score (nSPS) is 10.2. The summed E-state index contributed by atoms with van der Waals surface area (Å²) < 4.78 is 2.06. The highest BCUT2D eigenvalue weighted by atomic mass is 16.4. The van der Waals surface area contributed by atoms with E-state index in [2.05, 4.69) is 33.7 Å². The van der Waals surface area contributed by atoms with Crippen molar-refractivity contribution in [2.24, 2.45) is 0 Å². The molecule has 0 spiro atoms. The van der Waals surface area contributed by atoms with Gasteiger partial charge in [0.05, 0.1) is 11.4 Å². The van der Waals surface area contributed by atoms with Gasteiger partial charge in [-0.25, -0.2) is 9.97 Å². The maximum absolute atomic E-state index is 9.00. The van der Waals surface area contributed by atoms with Crippen LogP contribution < -0.4 is 0 Å². The van der Waals surface area contributed by atoms with Crippen molar-refractivity contribution in [2.45, 2.75) is 13.8 Å². The average Bonchev–Trinajstić information content (AvgIpc) is 3.01. The Morgan fingerprint density at radius 2 is 1.42 bits per heavy atom. The van der Waals surface area contributed by atoms with Crippen molar-refractivity contribution in [3.63, 3.8) is 0 Å². The number of aliphatic carboxylic acids is 1. The molecule has 0 atom stereocenters. The summed E-state index contributed by atoms with van der Waals surface area (Å²) >= 11 is 0. The lowest BCUT2D eigenvalue weighted by Gasteiger charge is -2.05. The first kappa shape index (κ1) is 17.4. The number of rotatable bonds is 2. The average molecular weight is 345 g/mol. The molecule has 0 unspecified atom stereocenters. The van der Waals surface area contributed by atoms with E-state index in [1.165, 1.54) is 0 Å². The van der Waals surface area contributed by atoms with Crippen LogP contribution >= 0.6 is 0 Å². The number of nitrogens with zero attached hydrogens (tertiary/aromatic N) is 3. The second kappa shape index (κ2) is 7.61. The standard InChI is InChI=1S/C19H15N3.C2H4O2/c1-14-12-13-22-18(16-10-6-3-7-11-16)17(21-19(22)20-14)15-8-4-2-5-9-15;1-2(3)4/h2-13H,1H3;1H3,(H,3,4). The number of imidazole rings is 1. The molecule has 4 rings (SSSR count). The topological polar surface area (TPSA) is 67.5 Å². The molecule has 0 aliphatic carbocycles. The molecule has 130 valence electrons. The maximum atomic E-state index is 9.00. The monoisotopic (exact) mass is 345 g/mol. The van der Waals surface area contributed by atoms with Crippen LogP contribution in [0.2, 0.25) is 0 Å². The minimum absolute atomic E-state index is 0.734. The summed E-state index contributed by atoms with van der Waals surface area (Å²) in [6, 6.07) is 22.6. The lowest BCUT2D eigenvalue weighted by molar-refractivity contribution is -0.134. The number of benzene rings is 2. The van der Waals surface area contributed by atoms with Crippen molar-refractivity contribution >= 4 is 11.7 Å². The van der Waals surface area contributed by atoms with Gasteiger partial charge >= 0.3 is 0 Å². The van der Waals surface area contributed by atoms with Gasteiger partial charge in [-0.15, -0.1) is 0 Å². The molecule has 2 aromatic heterocycles. The molecule has 0 fully saturated rings. The summed E-state index contributed by atoms with van der Waals surface area (Å²) in [6.45, 7) is 3.07. The van der Waals surface area contributed by atoms with Gasteiger partial charge in [0.25, 0.3) is 5.97 Å². The van der Waals surface area contributed by atoms with Crippen LogP contribution in [0.1, 0.15) is 12.6 Å². The molecule has 0 aliphatic heterocycles. The summed E-state index contributed by atoms with van der Waals surface area (Å²) in [4.78, 5) is 18.3. The highest BCUT2D eigenvalue weighted by Gasteiger charge is 2.16. The predicted octanol–water partition coefficient (Wildman–Crippen LogP) is 4.46. The van der Waals surface area contributed by atoms with E-state index in [4.69, 9.17) is 14.9 Å². The van der Waals surface area contributed by atoms with Gasteiger partial charge in [0.1, 0.15) is 0 Å². The lowest BCUT2D eigenvalue weighted by atomic mass is 10.1. The first-order valence-corrected chi connectivity index (χ1v) is 8.22. The molecular formula is C21H19N3O2. The first-order valence-electron chi connectivity index (χ1n) is 8.22. The van der Waals surface area contributed by atoms with E-state index in [0.717, 1.165) is 40.9 Å². The number of aromatic nitrogens is 3. The van der Waals surface area contributed by atoms with E-state index in [-0.39, 0.29) is 0 Å². The van der Waals surface area contributed by atoms with Gasteiger partial charge in [0, 0.05) is 29.9 Å². The van der Waals surface area contributed by atoms with E-state index >= 15 is 0 Å². The molecule has 0 radical (unpaired) electrons. The summed E-state index contributed by atoms with van der Waals surface area (Å²) in [5.74, 6) is -0.0993. The van der Waals surface area contributed by atoms with Crippen molar-refractivity contribution in [3.05, 3.63) is 78.6 Å². The second-order valence-electron chi connectivity index (χ2n) is 5.80. The molecule has 0 amide bonds. The zero-order valence-corrected chi connectivity index (χ0v) is 14.6. The molecule has 4 aromatic rings. The molecule has 5 heteroatoms. The summed E-state index contributed by atoms with van der Waals surface area (Å²) in [5.41, 5.74) is 5.25. The van der Waals surface area contributed by atoms with Crippen LogP contribution in [0.4, 0.5) is 0 Å². The van der Waals surface area contributed by atoms with E-state index in [1.807, 2.05) is 55.6 Å². The first-order chi connectivity index (χ1) is 12.6. The zero-order valence-electron chi connectivity index (χ0n) is 14.6. The van der Waals surface area contributed by atoms with Crippen molar-refractivity contribution in [1.82, 2.24) is 14.4 Å². The van der Waals surface area contributed by atoms with Crippen LogP contribution in [0.15, 0.2) is 72.9 Å². The summed E-state index contributed by atoms with van der Waals surface area (Å²) in [7, 11) is 0. The summed E-state index contributed by atoms with van der Waals surface area (Å²) in [5, 5.41) is 7.42. The van der Waals surface area contributed by atoms with Gasteiger partial charge in [-0.2, -0.15) is 0 Å².